The summed E-state index contributed by atoms with van der Waals surface area (Å²) in [6.45, 7) is 19.2. The summed E-state index contributed by atoms with van der Waals surface area (Å²) >= 11 is -0.652. The van der Waals surface area contributed by atoms with Gasteiger partial charge in [0.05, 0.1) is 0 Å². The van der Waals surface area contributed by atoms with Crippen LogP contribution in [0.2, 0.25) is 0 Å². The first-order valence-electron chi connectivity index (χ1n) is 9.15. The Morgan fingerprint density at radius 3 is 1.32 bits per heavy atom. The fraction of sp³-hybridized carbons (Fsp3) is 0.636. The Kier molecular flexibility index (Phi) is 9.73. The molecule has 25 heavy (non-hydrogen) atoms. The molecule has 0 fully saturated rings. The summed E-state index contributed by atoms with van der Waals surface area (Å²) in [5.74, 6) is 1.38. The summed E-state index contributed by atoms with van der Waals surface area (Å²) in [6.07, 6.45) is 12.1. The molecule has 0 nitrogen and oxygen atoms in total. The first-order chi connectivity index (χ1) is 10.6. The fourth-order valence-electron chi connectivity index (χ4n) is 3.26. The standard InChI is InChI=1S/2C11H17.2ClH.Zr/c2*1-9(2)11(3,4)10-7-5-6-8-10;;;/h2*5,7,9H,6H2,1-4H3;2*1H;. The topological polar surface area (TPSA) is 0 Å². The summed E-state index contributed by atoms with van der Waals surface area (Å²) in [6, 6.07) is 0. The minimum atomic E-state index is -0.652. The van der Waals surface area contributed by atoms with E-state index >= 15 is 0 Å². The molecule has 0 bridgehead atoms. The molecule has 0 amide bonds. The summed E-state index contributed by atoms with van der Waals surface area (Å²) in [4.78, 5) is 0. The Hall–Kier alpha value is 0.423. The van der Waals surface area contributed by atoms with Crippen LogP contribution < -0.4 is 0 Å². The molecule has 0 unspecified atom stereocenters. The van der Waals surface area contributed by atoms with E-state index in [0.29, 0.717) is 22.7 Å². The van der Waals surface area contributed by atoms with Gasteiger partial charge in [-0.2, -0.15) is 0 Å². The second-order valence-corrected chi connectivity index (χ2v) is 12.5. The molecule has 0 N–H and O–H groups in total. The molecule has 0 saturated heterocycles. The van der Waals surface area contributed by atoms with Crippen LogP contribution in [0, 0.1) is 22.7 Å². The Labute approximate surface area is 180 Å². The Bertz CT molecular complexity index is 535. The molecule has 0 aromatic rings. The van der Waals surface area contributed by atoms with Crippen LogP contribution in [0.3, 0.4) is 0 Å². The van der Waals surface area contributed by atoms with E-state index in [-0.39, 0.29) is 24.8 Å². The first kappa shape index (κ1) is 25.4. The van der Waals surface area contributed by atoms with Crippen LogP contribution in [-0.4, -0.2) is 0 Å². The molecule has 2 aliphatic carbocycles. The van der Waals surface area contributed by atoms with E-state index in [9.17, 15) is 0 Å². The van der Waals surface area contributed by atoms with Gasteiger partial charge in [-0.1, -0.05) is 0 Å². The third-order valence-corrected chi connectivity index (χ3v) is 10.3. The van der Waals surface area contributed by atoms with Gasteiger partial charge in [0.2, 0.25) is 0 Å². The van der Waals surface area contributed by atoms with Gasteiger partial charge in [0.25, 0.3) is 0 Å². The van der Waals surface area contributed by atoms with Crippen LogP contribution in [0.1, 0.15) is 68.2 Å². The zero-order chi connectivity index (χ0) is 17.4. The molecule has 142 valence electrons. The second kappa shape index (κ2) is 9.57. The maximum atomic E-state index is 2.44. The molecule has 0 radical (unpaired) electrons. The number of allylic oxidation sites excluding steroid dienone is 8. The SMILES string of the molecule is CC(C)C(C)(C)C1=[C]([Zr][C]2=C(C(C)(C)C(C)C)C=CC2)CC=C1.Cl.Cl. The number of halogens is 2. The molecule has 0 spiro atoms. The summed E-state index contributed by atoms with van der Waals surface area (Å²) < 4.78 is 3.64. The predicted octanol–water partition coefficient (Wildman–Crippen LogP) is 7.70. The van der Waals surface area contributed by atoms with Crippen LogP contribution in [0.15, 0.2) is 42.0 Å². The number of rotatable bonds is 6. The largest absolute Gasteiger partial charge is 0.147 e. The van der Waals surface area contributed by atoms with Crippen molar-refractivity contribution < 1.29 is 23.2 Å². The Morgan fingerprint density at radius 1 is 0.720 bits per heavy atom. The quantitative estimate of drug-likeness (QED) is 0.379. The zero-order valence-corrected chi connectivity index (χ0v) is 21.3. The van der Waals surface area contributed by atoms with Crippen molar-refractivity contribution in [2.75, 3.05) is 0 Å². The monoisotopic (exact) mass is 460 g/mol. The molecule has 3 heteroatoms. The molecule has 0 atom stereocenters. The van der Waals surface area contributed by atoms with Crippen molar-refractivity contribution in [2.24, 2.45) is 22.7 Å². The van der Waals surface area contributed by atoms with Crippen molar-refractivity contribution in [3.8, 4) is 0 Å². The molecule has 0 heterocycles. The van der Waals surface area contributed by atoms with Crippen LogP contribution in [-0.2, 0) is 23.2 Å². The van der Waals surface area contributed by atoms with Gasteiger partial charge in [-0.25, -0.2) is 0 Å². The third kappa shape index (κ3) is 5.24. The zero-order valence-electron chi connectivity index (χ0n) is 17.2. The average molecular weight is 463 g/mol. The van der Waals surface area contributed by atoms with Gasteiger partial charge < -0.3 is 0 Å². The van der Waals surface area contributed by atoms with Crippen molar-refractivity contribution in [3.05, 3.63) is 42.0 Å². The van der Waals surface area contributed by atoms with E-state index in [1.807, 2.05) is 6.56 Å². The number of hydrogen-bond acceptors (Lipinski definition) is 0. The first-order valence-corrected chi connectivity index (χ1v) is 11.6. The minimum Gasteiger partial charge on any atom is -0.147 e. The van der Waals surface area contributed by atoms with E-state index in [2.05, 4.69) is 79.7 Å². The van der Waals surface area contributed by atoms with Crippen molar-refractivity contribution in [2.45, 2.75) is 68.2 Å². The molecular weight excluding hydrogens is 426 g/mol. The van der Waals surface area contributed by atoms with Crippen molar-refractivity contribution in [1.82, 2.24) is 0 Å². The van der Waals surface area contributed by atoms with Gasteiger partial charge in [-0.15, -0.1) is 24.8 Å². The summed E-state index contributed by atoms with van der Waals surface area (Å²) in [7, 11) is 0. The van der Waals surface area contributed by atoms with Gasteiger partial charge in [0.1, 0.15) is 0 Å². The van der Waals surface area contributed by atoms with E-state index in [4.69, 9.17) is 0 Å². The maximum Gasteiger partial charge on any atom is -0.147 e. The van der Waals surface area contributed by atoms with Gasteiger partial charge in [-0.3, -0.25) is 0 Å². The van der Waals surface area contributed by atoms with Gasteiger partial charge in [-0.05, 0) is 0 Å². The molecule has 0 saturated carbocycles. The van der Waals surface area contributed by atoms with E-state index in [0.717, 1.165) is 0 Å². The van der Waals surface area contributed by atoms with Crippen molar-refractivity contribution in [3.63, 3.8) is 0 Å². The van der Waals surface area contributed by atoms with Crippen LogP contribution in [0.5, 0.6) is 0 Å². The molecule has 0 aromatic heterocycles. The van der Waals surface area contributed by atoms with Crippen molar-refractivity contribution in [1.29, 1.82) is 0 Å². The third-order valence-electron chi connectivity index (χ3n) is 6.44. The maximum absolute atomic E-state index is 2.44. The summed E-state index contributed by atoms with van der Waals surface area (Å²) in [5, 5.41) is 0. The smallest absolute Gasteiger partial charge is 0.147 e. The van der Waals surface area contributed by atoms with Gasteiger partial charge in [0, 0.05) is 0 Å². The number of hydrogen-bond donors (Lipinski definition) is 0. The fourth-order valence-corrected chi connectivity index (χ4v) is 7.89. The van der Waals surface area contributed by atoms with Crippen LogP contribution in [0.4, 0.5) is 0 Å². The molecule has 0 aliphatic heterocycles. The van der Waals surface area contributed by atoms with Crippen molar-refractivity contribution >= 4 is 24.8 Å². The minimum absolute atomic E-state index is 0. The van der Waals surface area contributed by atoms with Gasteiger partial charge >= 0.3 is 156 Å². The molecule has 2 rings (SSSR count). The van der Waals surface area contributed by atoms with E-state index < -0.39 is 23.2 Å². The van der Waals surface area contributed by atoms with Crippen LogP contribution >= 0.6 is 24.8 Å². The predicted molar refractivity (Wildman–Crippen MR) is 113 cm³/mol. The van der Waals surface area contributed by atoms with Gasteiger partial charge in [0.15, 0.2) is 0 Å². The van der Waals surface area contributed by atoms with E-state index in [1.165, 1.54) is 12.8 Å². The van der Waals surface area contributed by atoms with E-state index in [1.54, 1.807) is 11.1 Å². The summed E-state index contributed by atoms with van der Waals surface area (Å²) in [5.41, 5.74) is 3.95. The van der Waals surface area contributed by atoms with Crippen LogP contribution in [0.25, 0.3) is 0 Å². The molecule has 0 aromatic carbocycles. The average Bonchev–Trinajstić information content (AvgIpc) is 3.08. The normalized spacial score (nSPS) is 17.5. The second-order valence-electron chi connectivity index (χ2n) is 8.88. The Balaban J connectivity index is 0.00000288. The molecular formula is C22H36Cl2Zr. The Morgan fingerprint density at radius 2 is 1.04 bits per heavy atom. The molecule has 2 aliphatic rings.